The Balaban J connectivity index is 1.50. The van der Waals surface area contributed by atoms with E-state index in [9.17, 15) is 13.2 Å². The molecule has 0 aliphatic carbocycles. The maximum atomic E-state index is 12.9. The number of halogens is 1. The van der Waals surface area contributed by atoms with E-state index in [-0.39, 0.29) is 16.5 Å². The maximum absolute atomic E-state index is 12.9. The summed E-state index contributed by atoms with van der Waals surface area (Å²) in [6, 6.07) is 13.9. The van der Waals surface area contributed by atoms with Crippen LogP contribution < -0.4 is 5.56 Å². The lowest BCUT2D eigenvalue weighted by Crippen LogP contribution is -2.49. The van der Waals surface area contributed by atoms with Gasteiger partial charge in [0.25, 0.3) is 5.56 Å². The highest BCUT2D eigenvalue weighted by molar-refractivity contribution is 9.10. The molecule has 9 heteroatoms. The van der Waals surface area contributed by atoms with Crippen molar-refractivity contribution >= 4 is 36.9 Å². The fourth-order valence-electron chi connectivity index (χ4n) is 3.58. The van der Waals surface area contributed by atoms with E-state index in [4.69, 9.17) is 0 Å². The average molecular weight is 477 g/mol. The van der Waals surface area contributed by atoms with Gasteiger partial charge >= 0.3 is 0 Å². The summed E-state index contributed by atoms with van der Waals surface area (Å²) in [6.45, 7) is 3.87. The summed E-state index contributed by atoms with van der Waals surface area (Å²) in [5.41, 5.74) is 0.502. The molecule has 1 fully saturated rings. The third kappa shape index (κ3) is 4.00. The molecule has 1 N–H and O–H groups in total. The molecule has 152 valence electrons. The number of sulfonamides is 1. The first-order valence-electron chi connectivity index (χ1n) is 9.35. The van der Waals surface area contributed by atoms with Crippen molar-refractivity contribution in [2.45, 2.75) is 17.9 Å². The summed E-state index contributed by atoms with van der Waals surface area (Å²) >= 11 is 3.33. The molecule has 1 saturated heterocycles. The van der Waals surface area contributed by atoms with Crippen LogP contribution in [0, 0.1) is 0 Å². The van der Waals surface area contributed by atoms with E-state index in [0.29, 0.717) is 42.9 Å². The van der Waals surface area contributed by atoms with Gasteiger partial charge in [0.1, 0.15) is 5.82 Å². The third-order valence-electron chi connectivity index (χ3n) is 5.28. The number of aromatic amines is 1. The molecule has 1 aromatic heterocycles. The van der Waals surface area contributed by atoms with Crippen molar-refractivity contribution in [2.24, 2.45) is 0 Å². The zero-order valence-corrected chi connectivity index (χ0v) is 18.3. The Bertz CT molecular complexity index is 1200. The van der Waals surface area contributed by atoms with Gasteiger partial charge in [-0.15, -0.1) is 0 Å². The predicted molar refractivity (Wildman–Crippen MR) is 115 cm³/mol. The van der Waals surface area contributed by atoms with Crippen molar-refractivity contribution in [3.8, 4) is 0 Å². The largest absolute Gasteiger partial charge is 0.309 e. The lowest BCUT2D eigenvalue weighted by atomic mass is 10.2. The van der Waals surface area contributed by atoms with Gasteiger partial charge in [-0.25, -0.2) is 13.4 Å². The summed E-state index contributed by atoms with van der Waals surface area (Å²) in [5, 5.41) is 0.563. The van der Waals surface area contributed by atoms with Crippen LogP contribution in [-0.2, 0) is 10.0 Å². The van der Waals surface area contributed by atoms with Gasteiger partial charge in [0.15, 0.2) is 0 Å². The highest BCUT2D eigenvalue weighted by Crippen LogP contribution is 2.24. The van der Waals surface area contributed by atoms with Crippen LogP contribution >= 0.6 is 15.9 Å². The Morgan fingerprint density at radius 1 is 1.07 bits per heavy atom. The lowest BCUT2D eigenvalue weighted by molar-refractivity contribution is 0.141. The third-order valence-corrected chi connectivity index (χ3v) is 7.67. The second-order valence-electron chi connectivity index (χ2n) is 7.04. The summed E-state index contributed by atoms with van der Waals surface area (Å²) in [6.07, 6.45) is 0. The smallest absolute Gasteiger partial charge is 0.258 e. The first-order chi connectivity index (χ1) is 13.9. The number of nitrogens with zero attached hydrogens (tertiary/aromatic N) is 3. The minimum atomic E-state index is -3.53. The van der Waals surface area contributed by atoms with Gasteiger partial charge in [-0.1, -0.05) is 34.1 Å². The van der Waals surface area contributed by atoms with E-state index in [0.717, 1.165) is 4.47 Å². The molecule has 0 radical (unpaired) electrons. The molecule has 7 nitrogen and oxygen atoms in total. The summed E-state index contributed by atoms with van der Waals surface area (Å²) in [7, 11) is -3.53. The lowest BCUT2D eigenvalue weighted by Gasteiger charge is -2.37. The quantitative estimate of drug-likeness (QED) is 0.625. The van der Waals surface area contributed by atoms with Gasteiger partial charge in [-0.2, -0.15) is 4.31 Å². The number of hydrogen-bond donors (Lipinski definition) is 1. The van der Waals surface area contributed by atoms with Crippen LogP contribution in [0.1, 0.15) is 18.8 Å². The first kappa shape index (κ1) is 20.2. The van der Waals surface area contributed by atoms with Gasteiger partial charge in [-0.05, 0) is 37.3 Å². The molecular formula is C20H21BrN4O3S. The highest BCUT2D eigenvalue weighted by Gasteiger charge is 2.31. The van der Waals surface area contributed by atoms with E-state index in [2.05, 4.69) is 30.8 Å². The minimum absolute atomic E-state index is 0.122. The second-order valence-corrected chi connectivity index (χ2v) is 9.90. The van der Waals surface area contributed by atoms with Crippen LogP contribution in [0.15, 0.2) is 62.7 Å². The predicted octanol–water partition coefficient (Wildman–Crippen LogP) is 2.75. The highest BCUT2D eigenvalue weighted by atomic mass is 79.9. The molecule has 4 rings (SSSR count). The SMILES string of the molecule is C[C@@H](c1nc2ccccc2c(=O)[nH]1)N1CCN(S(=O)(=O)c2cccc(Br)c2)CC1. The molecule has 0 spiro atoms. The molecule has 29 heavy (non-hydrogen) atoms. The zero-order valence-electron chi connectivity index (χ0n) is 15.9. The summed E-state index contributed by atoms with van der Waals surface area (Å²) in [5.74, 6) is 0.594. The number of H-pyrrole nitrogens is 1. The van der Waals surface area contributed by atoms with E-state index >= 15 is 0 Å². The Morgan fingerprint density at radius 3 is 2.52 bits per heavy atom. The number of rotatable bonds is 4. The van der Waals surface area contributed by atoms with Gasteiger partial charge in [-0.3, -0.25) is 9.69 Å². The molecule has 0 unspecified atom stereocenters. The topological polar surface area (TPSA) is 86.4 Å². The van der Waals surface area contributed by atoms with Crippen LogP contribution in [0.3, 0.4) is 0 Å². The monoisotopic (exact) mass is 476 g/mol. The normalized spacial score (nSPS) is 17.4. The molecule has 1 aliphatic heterocycles. The molecule has 3 aromatic rings. The summed E-state index contributed by atoms with van der Waals surface area (Å²) < 4.78 is 28.0. The number of fused-ring (bicyclic) bond motifs is 1. The van der Waals surface area contributed by atoms with Crippen LogP contribution in [0.2, 0.25) is 0 Å². The van der Waals surface area contributed by atoms with E-state index < -0.39 is 10.0 Å². The van der Waals surface area contributed by atoms with E-state index in [1.165, 1.54) is 4.31 Å². The Kier molecular flexibility index (Phi) is 5.56. The summed E-state index contributed by atoms with van der Waals surface area (Å²) in [4.78, 5) is 22.3. The van der Waals surface area contributed by atoms with Crippen LogP contribution in [0.25, 0.3) is 10.9 Å². The van der Waals surface area contributed by atoms with E-state index in [1.807, 2.05) is 25.1 Å². The average Bonchev–Trinajstić information content (AvgIpc) is 2.73. The van der Waals surface area contributed by atoms with Crippen molar-refractivity contribution < 1.29 is 8.42 Å². The van der Waals surface area contributed by atoms with Crippen molar-refractivity contribution in [3.05, 3.63) is 69.2 Å². The van der Waals surface area contributed by atoms with Crippen LogP contribution in [0.5, 0.6) is 0 Å². The number of piperazine rings is 1. The molecular weight excluding hydrogens is 456 g/mol. The van der Waals surface area contributed by atoms with Crippen LogP contribution in [0.4, 0.5) is 0 Å². The van der Waals surface area contributed by atoms with E-state index in [1.54, 1.807) is 30.3 Å². The fourth-order valence-corrected chi connectivity index (χ4v) is 5.60. The second kappa shape index (κ2) is 7.98. The molecule has 0 bridgehead atoms. The van der Waals surface area contributed by atoms with Gasteiger partial charge < -0.3 is 4.98 Å². The van der Waals surface area contributed by atoms with Gasteiger partial charge in [0.05, 0.1) is 21.8 Å². The molecule has 1 aliphatic rings. The number of aromatic nitrogens is 2. The number of hydrogen-bond acceptors (Lipinski definition) is 5. The van der Waals surface area contributed by atoms with Gasteiger partial charge in [0, 0.05) is 30.7 Å². The van der Waals surface area contributed by atoms with Crippen molar-refractivity contribution in [3.63, 3.8) is 0 Å². The molecule has 0 amide bonds. The van der Waals surface area contributed by atoms with Crippen molar-refractivity contribution in [1.29, 1.82) is 0 Å². The van der Waals surface area contributed by atoms with Gasteiger partial charge in [0.2, 0.25) is 10.0 Å². The standard InChI is InChI=1S/C20H21BrN4O3S/c1-14(19-22-18-8-3-2-7-17(18)20(26)23-19)24-9-11-25(12-10-24)29(27,28)16-6-4-5-15(21)13-16/h2-8,13-14H,9-12H2,1H3,(H,22,23,26)/t14-/m0/s1. The molecule has 1 atom stereocenters. The van der Waals surface area contributed by atoms with Crippen molar-refractivity contribution in [1.82, 2.24) is 19.2 Å². The Hall–Kier alpha value is -2.07. The number of nitrogens with one attached hydrogen (secondary N) is 1. The molecule has 2 aromatic carbocycles. The minimum Gasteiger partial charge on any atom is -0.309 e. The molecule has 0 saturated carbocycles. The number of para-hydroxylation sites is 1. The fraction of sp³-hybridized carbons (Fsp3) is 0.300. The van der Waals surface area contributed by atoms with Crippen LogP contribution in [-0.4, -0.2) is 53.8 Å². The number of benzene rings is 2. The first-order valence-corrected chi connectivity index (χ1v) is 11.6. The Morgan fingerprint density at radius 2 is 1.79 bits per heavy atom. The zero-order chi connectivity index (χ0) is 20.6. The maximum Gasteiger partial charge on any atom is 0.258 e. The van der Waals surface area contributed by atoms with Crippen molar-refractivity contribution in [2.75, 3.05) is 26.2 Å². The Labute approximate surface area is 177 Å². The molecule has 2 heterocycles.